The molecule has 0 spiro atoms. The number of benzene rings is 1. The molecule has 0 saturated carbocycles. The second-order valence-corrected chi connectivity index (χ2v) is 6.39. The third kappa shape index (κ3) is 3.43. The Kier molecular flexibility index (Phi) is 4.74. The van der Waals surface area contributed by atoms with Crippen LogP contribution in [-0.4, -0.2) is 39.7 Å². The van der Waals surface area contributed by atoms with Gasteiger partial charge < -0.3 is 4.98 Å². The number of aromatic amines is 2. The van der Waals surface area contributed by atoms with E-state index < -0.39 is 17.1 Å². The van der Waals surface area contributed by atoms with E-state index in [-0.39, 0.29) is 34.4 Å². The number of fused-ring (bicyclic) bond motifs is 1. The molecule has 0 unspecified atom stereocenters. The summed E-state index contributed by atoms with van der Waals surface area (Å²) in [5.41, 5.74) is -0.487. The van der Waals surface area contributed by atoms with E-state index in [0.717, 1.165) is 4.57 Å². The van der Waals surface area contributed by atoms with Crippen LogP contribution in [0.1, 0.15) is 12.8 Å². The van der Waals surface area contributed by atoms with Crippen molar-refractivity contribution < 1.29 is 4.39 Å². The molecule has 12 heteroatoms. The number of imidazole rings is 1. The van der Waals surface area contributed by atoms with Crippen molar-refractivity contribution >= 4 is 22.8 Å². The average Bonchev–Trinajstić information content (AvgIpc) is 3.27. The molecule has 2 N–H and O–H groups in total. The van der Waals surface area contributed by atoms with Gasteiger partial charge >= 0.3 is 5.69 Å². The van der Waals surface area contributed by atoms with Gasteiger partial charge in [0.15, 0.2) is 11.2 Å². The molecule has 0 atom stereocenters. The summed E-state index contributed by atoms with van der Waals surface area (Å²) in [6, 6.07) is 6.18. The highest BCUT2D eigenvalue weighted by atomic mass is 35.5. The van der Waals surface area contributed by atoms with Gasteiger partial charge in [0, 0.05) is 6.54 Å². The maximum atomic E-state index is 13.8. The van der Waals surface area contributed by atoms with Crippen molar-refractivity contribution in [2.75, 3.05) is 0 Å². The van der Waals surface area contributed by atoms with Gasteiger partial charge in [-0.2, -0.15) is 9.78 Å². The standard InChI is InChI=1S/C16H14ClFN8O2/c17-15-19-11-13(20-15)21-16(28)25(14(11)27)7-3-4-8-26-23-12(22-24-26)9-5-1-2-6-10(9)18/h1-2,5-6H,3-4,7-8H2,(H,19,20)(H,21,28). The third-order valence-electron chi connectivity index (χ3n) is 4.16. The van der Waals surface area contributed by atoms with Crippen LogP contribution in [0.25, 0.3) is 22.6 Å². The van der Waals surface area contributed by atoms with Crippen LogP contribution in [0.5, 0.6) is 0 Å². The van der Waals surface area contributed by atoms with Gasteiger partial charge in [-0.05, 0) is 41.8 Å². The molecule has 0 amide bonds. The van der Waals surface area contributed by atoms with Crippen LogP contribution in [0, 0.1) is 5.82 Å². The van der Waals surface area contributed by atoms with Gasteiger partial charge in [-0.1, -0.05) is 12.1 Å². The van der Waals surface area contributed by atoms with Gasteiger partial charge in [0.25, 0.3) is 5.56 Å². The van der Waals surface area contributed by atoms with E-state index in [0.29, 0.717) is 19.4 Å². The number of tetrazole rings is 1. The van der Waals surface area contributed by atoms with Crippen molar-refractivity contribution in [3.05, 3.63) is 56.2 Å². The third-order valence-corrected chi connectivity index (χ3v) is 4.34. The number of halogens is 2. The van der Waals surface area contributed by atoms with Gasteiger partial charge in [-0.25, -0.2) is 9.18 Å². The number of H-pyrrole nitrogens is 2. The summed E-state index contributed by atoms with van der Waals surface area (Å²) in [6.45, 7) is 0.613. The molecule has 0 bridgehead atoms. The van der Waals surface area contributed by atoms with Gasteiger partial charge in [0.2, 0.25) is 11.1 Å². The predicted molar refractivity (Wildman–Crippen MR) is 98.4 cm³/mol. The molecule has 4 aromatic rings. The van der Waals surface area contributed by atoms with Crippen molar-refractivity contribution in [2.45, 2.75) is 25.9 Å². The second-order valence-electron chi connectivity index (χ2n) is 6.03. The Morgan fingerprint density at radius 1 is 1.11 bits per heavy atom. The molecule has 28 heavy (non-hydrogen) atoms. The molecule has 10 nitrogen and oxygen atoms in total. The molecular weight excluding hydrogens is 391 g/mol. The highest BCUT2D eigenvalue weighted by Gasteiger charge is 2.12. The van der Waals surface area contributed by atoms with E-state index in [1.165, 1.54) is 10.9 Å². The number of nitrogens with zero attached hydrogens (tertiary/aromatic N) is 6. The minimum absolute atomic E-state index is 0.0309. The van der Waals surface area contributed by atoms with Crippen molar-refractivity contribution in [3.8, 4) is 11.4 Å². The van der Waals surface area contributed by atoms with E-state index in [2.05, 4.69) is 30.4 Å². The van der Waals surface area contributed by atoms with E-state index >= 15 is 0 Å². The monoisotopic (exact) mass is 404 g/mol. The number of rotatable bonds is 6. The lowest BCUT2D eigenvalue weighted by molar-refractivity contribution is 0.464. The van der Waals surface area contributed by atoms with Crippen LogP contribution < -0.4 is 11.2 Å². The predicted octanol–water partition coefficient (Wildman–Crippen LogP) is 1.34. The van der Waals surface area contributed by atoms with Crippen LogP contribution in [-0.2, 0) is 13.1 Å². The Morgan fingerprint density at radius 2 is 1.89 bits per heavy atom. The summed E-state index contributed by atoms with van der Waals surface area (Å²) < 4.78 is 14.8. The lowest BCUT2D eigenvalue weighted by Crippen LogP contribution is -2.35. The lowest BCUT2D eigenvalue weighted by atomic mass is 10.2. The molecule has 0 aliphatic carbocycles. The zero-order valence-corrected chi connectivity index (χ0v) is 15.1. The fourth-order valence-corrected chi connectivity index (χ4v) is 2.98. The molecule has 0 aliphatic rings. The number of aromatic nitrogens is 8. The van der Waals surface area contributed by atoms with Crippen molar-refractivity contribution in [1.82, 2.24) is 39.7 Å². The van der Waals surface area contributed by atoms with Crippen LogP contribution >= 0.6 is 11.6 Å². The molecular formula is C16H14ClFN8O2. The van der Waals surface area contributed by atoms with Crippen molar-refractivity contribution in [3.63, 3.8) is 0 Å². The smallest absolute Gasteiger partial charge is 0.323 e. The normalized spacial score (nSPS) is 11.4. The molecule has 0 aliphatic heterocycles. The zero-order chi connectivity index (χ0) is 19.7. The largest absolute Gasteiger partial charge is 0.330 e. The first-order valence-corrected chi connectivity index (χ1v) is 8.82. The number of hydrogen-bond acceptors (Lipinski definition) is 6. The molecule has 1 aromatic carbocycles. The second kappa shape index (κ2) is 7.35. The summed E-state index contributed by atoms with van der Waals surface area (Å²) in [5, 5.41) is 11.9. The van der Waals surface area contributed by atoms with E-state index in [4.69, 9.17) is 11.6 Å². The molecule has 4 rings (SSSR count). The Morgan fingerprint density at radius 3 is 2.71 bits per heavy atom. The van der Waals surface area contributed by atoms with E-state index in [1.807, 2.05) is 0 Å². The van der Waals surface area contributed by atoms with Crippen molar-refractivity contribution in [2.24, 2.45) is 0 Å². The molecule has 0 fully saturated rings. The minimum atomic E-state index is -0.554. The molecule has 0 saturated heterocycles. The summed E-state index contributed by atoms with van der Waals surface area (Å²) in [6.07, 6.45) is 1.10. The SMILES string of the molecule is O=c1[nH]c2nc(Cl)[nH]c2c(=O)n1CCCCn1nnc(-c2ccccc2F)n1. The van der Waals surface area contributed by atoms with Crippen LogP contribution in [0.15, 0.2) is 33.9 Å². The summed E-state index contributed by atoms with van der Waals surface area (Å²) in [4.78, 5) is 34.7. The van der Waals surface area contributed by atoms with Crippen molar-refractivity contribution in [1.29, 1.82) is 0 Å². The van der Waals surface area contributed by atoms with Crippen LogP contribution in [0.4, 0.5) is 4.39 Å². The fraction of sp³-hybridized carbons (Fsp3) is 0.250. The fourth-order valence-electron chi connectivity index (χ4n) is 2.80. The van der Waals surface area contributed by atoms with Crippen LogP contribution in [0.3, 0.4) is 0 Å². The van der Waals surface area contributed by atoms with Gasteiger partial charge in [0.1, 0.15) is 5.82 Å². The summed E-state index contributed by atoms with van der Waals surface area (Å²) >= 11 is 5.73. The first kappa shape index (κ1) is 18.0. The Bertz CT molecular complexity index is 1260. The van der Waals surface area contributed by atoms with Gasteiger partial charge in [-0.15, -0.1) is 10.2 Å². The van der Waals surface area contributed by atoms with E-state index in [1.54, 1.807) is 18.2 Å². The molecule has 3 heterocycles. The number of aryl methyl sites for hydroxylation is 1. The Balaban J connectivity index is 1.41. The first-order chi connectivity index (χ1) is 13.5. The summed E-state index contributed by atoms with van der Waals surface area (Å²) in [7, 11) is 0. The van der Waals surface area contributed by atoms with E-state index in [9.17, 15) is 14.0 Å². The highest BCUT2D eigenvalue weighted by molar-refractivity contribution is 6.28. The van der Waals surface area contributed by atoms with Crippen LogP contribution in [0.2, 0.25) is 5.28 Å². The molecule has 144 valence electrons. The number of hydrogen-bond donors (Lipinski definition) is 2. The quantitative estimate of drug-likeness (QED) is 0.369. The maximum absolute atomic E-state index is 13.8. The Labute approximate surface area is 161 Å². The maximum Gasteiger partial charge on any atom is 0.330 e. The average molecular weight is 405 g/mol. The summed E-state index contributed by atoms with van der Waals surface area (Å²) in [5.74, 6) is -0.220. The zero-order valence-electron chi connectivity index (χ0n) is 14.4. The molecule has 3 aromatic heterocycles. The molecule has 0 radical (unpaired) electrons. The minimum Gasteiger partial charge on any atom is -0.323 e. The van der Waals surface area contributed by atoms with Gasteiger partial charge in [-0.3, -0.25) is 14.3 Å². The highest BCUT2D eigenvalue weighted by Crippen LogP contribution is 2.17. The first-order valence-electron chi connectivity index (χ1n) is 8.44. The lowest BCUT2D eigenvalue weighted by Gasteiger charge is -2.04. The topological polar surface area (TPSA) is 127 Å². The number of unbranched alkanes of at least 4 members (excludes halogenated alkanes) is 1. The van der Waals surface area contributed by atoms with Gasteiger partial charge in [0.05, 0.1) is 12.1 Å². The Hall–Kier alpha value is -3.34. The number of nitrogens with one attached hydrogen (secondary N) is 2.